The van der Waals surface area contributed by atoms with Crippen LogP contribution >= 0.6 is 0 Å². The zero-order valence-corrected chi connectivity index (χ0v) is 13.5. The number of hydrogen-bond acceptors (Lipinski definition) is 4. The Kier molecular flexibility index (Phi) is 4.04. The number of nitrogens with zero attached hydrogens (tertiary/aromatic N) is 1. The molecule has 2 amide bonds. The summed E-state index contributed by atoms with van der Waals surface area (Å²) in [6.07, 6.45) is -0.613. The first-order valence-corrected chi connectivity index (χ1v) is 7.18. The Morgan fingerprint density at radius 3 is 2.32 bits per heavy atom. The maximum atomic E-state index is 12.2. The fourth-order valence-corrected chi connectivity index (χ4v) is 2.17. The third kappa shape index (κ3) is 3.32. The van der Waals surface area contributed by atoms with Gasteiger partial charge in [-0.05, 0) is 46.8 Å². The van der Waals surface area contributed by atoms with Crippen molar-refractivity contribution in [3.63, 3.8) is 0 Å². The molecule has 1 saturated heterocycles. The van der Waals surface area contributed by atoms with Crippen LogP contribution in [-0.2, 0) is 9.53 Å². The Labute approximate surface area is 130 Å². The first kappa shape index (κ1) is 16.1. The van der Waals surface area contributed by atoms with Crippen LogP contribution in [0.1, 0.15) is 34.6 Å². The lowest BCUT2D eigenvalue weighted by Crippen LogP contribution is -2.77. The number of carbonyl (C=O) groups excluding carboxylic acids is 2. The Morgan fingerprint density at radius 1 is 1.23 bits per heavy atom. The number of para-hydroxylation sites is 1. The standard InChI is InChI=1S/C16H22N2O4/c1-15(2,3)21-14(20)17-12-13(19)18(16(12,4)5)22-11-9-7-6-8-10-11/h6-10,12H,1-5H3,(H,17,20). The second-order valence-electron chi connectivity index (χ2n) is 6.77. The normalized spacial score (nSPS) is 20.1. The van der Waals surface area contributed by atoms with Crippen molar-refractivity contribution in [1.82, 2.24) is 10.4 Å². The Hall–Kier alpha value is -2.24. The molecule has 1 unspecified atom stereocenters. The minimum absolute atomic E-state index is 0.306. The maximum absolute atomic E-state index is 12.2. The largest absolute Gasteiger partial charge is 0.444 e. The highest BCUT2D eigenvalue weighted by Crippen LogP contribution is 2.33. The van der Waals surface area contributed by atoms with Crippen molar-refractivity contribution in [2.24, 2.45) is 0 Å². The molecule has 6 nitrogen and oxygen atoms in total. The molecule has 120 valence electrons. The number of ether oxygens (including phenoxy) is 1. The van der Waals surface area contributed by atoms with Gasteiger partial charge in [0, 0.05) is 0 Å². The Balaban J connectivity index is 1.99. The summed E-state index contributed by atoms with van der Waals surface area (Å²) in [5.41, 5.74) is -1.27. The lowest BCUT2D eigenvalue weighted by molar-refractivity contribution is -0.217. The predicted molar refractivity (Wildman–Crippen MR) is 81.2 cm³/mol. The third-order valence-corrected chi connectivity index (χ3v) is 3.28. The van der Waals surface area contributed by atoms with E-state index in [1.807, 2.05) is 32.0 Å². The van der Waals surface area contributed by atoms with E-state index in [0.717, 1.165) is 0 Å². The van der Waals surface area contributed by atoms with Gasteiger partial charge in [-0.2, -0.15) is 5.06 Å². The monoisotopic (exact) mass is 306 g/mol. The lowest BCUT2D eigenvalue weighted by Gasteiger charge is -2.51. The van der Waals surface area contributed by atoms with Gasteiger partial charge in [0.15, 0.2) is 5.75 Å². The third-order valence-electron chi connectivity index (χ3n) is 3.28. The number of benzene rings is 1. The van der Waals surface area contributed by atoms with Crippen molar-refractivity contribution in [3.8, 4) is 5.75 Å². The molecular formula is C16H22N2O4. The van der Waals surface area contributed by atoms with Crippen molar-refractivity contribution >= 4 is 12.0 Å². The zero-order chi connectivity index (χ0) is 16.5. The molecule has 1 N–H and O–H groups in total. The summed E-state index contributed by atoms with van der Waals surface area (Å²) < 4.78 is 5.18. The van der Waals surface area contributed by atoms with Gasteiger partial charge >= 0.3 is 6.09 Å². The predicted octanol–water partition coefficient (Wildman–Crippen LogP) is 2.49. The van der Waals surface area contributed by atoms with Gasteiger partial charge in [0.2, 0.25) is 0 Å². The molecule has 0 bridgehead atoms. The van der Waals surface area contributed by atoms with Gasteiger partial charge in [-0.25, -0.2) is 4.79 Å². The van der Waals surface area contributed by atoms with Gasteiger partial charge in [-0.15, -0.1) is 0 Å². The minimum Gasteiger partial charge on any atom is -0.444 e. The van der Waals surface area contributed by atoms with Crippen molar-refractivity contribution < 1.29 is 19.2 Å². The maximum Gasteiger partial charge on any atom is 0.408 e. The number of carbonyl (C=O) groups is 2. The molecule has 22 heavy (non-hydrogen) atoms. The van der Waals surface area contributed by atoms with Crippen LogP contribution in [-0.4, -0.2) is 34.2 Å². The fraction of sp³-hybridized carbons (Fsp3) is 0.500. The Morgan fingerprint density at radius 2 is 1.82 bits per heavy atom. The number of β-lactam (4-membered cyclic amide) rings is 1. The van der Waals surface area contributed by atoms with Crippen LogP contribution < -0.4 is 10.2 Å². The molecule has 1 aliphatic heterocycles. The second kappa shape index (κ2) is 5.51. The van der Waals surface area contributed by atoms with Crippen molar-refractivity contribution in [1.29, 1.82) is 0 Å². The van der Waals surface area contributed by atoms with E-state index >= 15 is 0 Å². The average molecular weight is 306 g/mol. The fourth-order valence-electron chi connectivity index (χ4n) is 2.17. The zero-order valence-electron chi connectivity index (χ0n) is 13.5. The van der Waals surface area contributed by atoms with Crippen LogP contribution in [0.15, 0.2) is 30.3 Å². The van der Waals surface area contributed by atoms with E-state index in [4.69, 9.17) is 9.57 Å². The molecular weight excluding hydrogens is 284 g/mol. The molecule has 1 aromatic carbocycles. The molecule has 0 aromatic heterocycles. The molecule has 1 atom stereocenters. The molecule has 0 radical (unpaired) electrons. The van der Waals surface area contributed by atoms with Gasteiger partial charge in [-0.3, -0.25) is 4.79 Å². The van der Waals surface area contributed by atoms with E-state index in [2.05, 4.69) is 5.32 Å². The number of rotatable bonds is 3. The van der Waals surface area contributed by atoms with Crippen LogP contribution in [0, 0.1) is 0 Å². The van der Waals surface area contributed by atoms with Gasteiger partial charge in [0.05, 0.1) is 0 Å². The van der Waals surface area contributed by atoms with E-state index in [-0.39, 0.29) is 5.91 Å². The lowest BCUT2D eigenvalue weighted by atomic mass is 9.84. The summed E-state index contributed by atoms with van der Waals surface area (Å²) in [5.74, 6) is 0.263. The second-order valence-corrected chi connectivity index (χ2v) is 6.77. The van der Waals surface area contributed by atoms with E-state index in [9.17, 15) is 9.59 Å². The number of hydroxylamine groups is 2. The molecule has 0 saturated carbocycles. The van der Waals surface area contributed by atoms with Crippen LogP contribution in [0.3, 0.4) is 0 Å². The van der Waals surface area contributed by atoms with Crippen LogP contribution in [0.5, 0.6) is 5.75 Å². The number of amides is 2. The highest BCUT2D eigenvalue weighted by Gasteiger charge is 2.57. The minimum atomic E-state index is -0.675. The van der Waals surface area contributed by atoms with Gasteiger partial charge < -0.3 is 14.9 Å². The molecule has 0 spiro atoms. The number of alkyl carbamates (subject to hydrolysis) is 1. The van der Waals surface area contributed by atoms with E-state index in [0.29, 0.717) is 5.75 Å². The SMILES string of the molecule is CC(C)(C)OC(=O)NC1C(=O)N(Oc2ccccc2)C1(C)C. The summed E-state index contributed by atoms with van der Waals surface area (Å²) >= 11 is 0. The summed E-state index contributed by atoms with van der Waals surface area (Å²) in [6, 6.07) is 8.36. The van der Waals surface area contributed by atoms with Crippen LogP contribution in [0.25, 0.3) is 0 Å². The molecule has 1 fully saturated rings. The summed E-state index contributed by atoms with van der Waals surface area (Å²) in [5, 5.41) is 3.86. The average Bonchev–Trinajstić information content (AvgIpc) is 2.41. The molecule has 0 aliphatic carbocycles. The van der Waals surface area contributed by atoms with Crippen LogP contribution in [0.4, 0.5) is 4.79 Å². The van der Waals surface area contributed by atoms with Gasteiger partial charge in [-0.1, -0.05) is 18.2 Å². The quantitative estimate of drug-likeness (QED) is 0.871. The molecule has 1 heterocycles. The topological polar surface area (TPSA) is 67.9 Å². The highest BCUT2D eigenvalue weighted by atomic mass is 16.7. The molecule has 1 aromatic rings. The first-order valence-electron chi connectivity index (χ1n) is 7.18. The molecule has 1 aliphatic rings. The van der Waals surface area contributed by atoms with Crippen molar-refractivity contribution in [2.45, 2.75) is 51.8 Å². The van der Waals surface area contributed by atoms with Gasteiger partial charge in [0.25, 0.3) is 5.91 Å². The number of nitrogens with one attached hydrogen (secondary N) is 1. The van der Waals surface area contributed by atoms with E-state index in [1.54, 1.807) is 32.9 Å². The summed E-state index contributed by atoms with van der Waals surface area (Å²) in [6.45, 7) is 8.94. The molecule has 2 rings (SSSR count). The smallest absolute Gasteiger partial charge is 0.408 e. The highest BCUT2D eigenvalue weighted by molar-refractivity contribution is 5.93. The summed E-state index contributed by atoms with van der Waals surface area (Å²) in [4.78, 5) is 29.6. The molecule has 6 heteroatoms. The van der Waals surface area contributed by atoms with Crippen LogP contribution in [0.2, 0.25) is 0 Å². The first-order chi connectivity index (χ1) is 10.1. The van der Waals surface area contributed by atoms with E-state index < -0.39 is 23.3 Å². The summed E-state index contributed by atoms with van der Waals surface area (Å²) in [7, 11) is 0. The van der Waals surface area contributed by atoms with Crippen molar-refractivity contribution in [3.05, 3.63) is 30.3 Å². The van der Waals surface area contributed by atoms with E-state index in [1.165, 1.54) is 5.06 Å². The number of hydrogen-bond donors (Lipinski definition) is 1. The Bertz CT molecular complexity index is 563. The van der Waals surface area contributed by atoms with Gasteiger partial charge in [0.1, 0.15) is 17.2 Å². The van der Waals surface area contributed by atoms with Crippen molar-refractivity contribution in [2.75, 3.05) is 0 Å².